The van der Waals surface area contributed by atoms with Gasteiger partial charge in [-0.2, -0.15) is 0 Å². The molecule has 0 spiro atoms. The summed E-state index contributed by atoms with van der Waals surface area (Å²) in [5.41, 5.74) is 0.352. The quantitative estimate of drug-likeness (QED) is 0.368. The lowest BCUT2D eigenvalue weighted by Gasteiger charge is -2.38. The minimum Gasteiger partial charge on any atom is -0.453 e. The summed E-state index contributed by atoms with van der Waals surface area (Å²) < 4.78 is 31.2. The first-order chi connectivity index (χ1) is 17.9. The number of likely N-dealkylation sites (tertiary alicyclic amines) is 1. The number of nitrogens with zero attached hydrogens (tertiary/aromatic N) is 1. The fourth-order valence-electron chi connectivity index (χ4n) is 5.16. The third-order valence-electron chi connectivity index (χ3n) is 7.05. The molecule has 0 bridgehead atoms. The molecule has 1 aromatic carbocycles. The minimum atomic E-state index is -0.621. The Labute approximate surface area is 223 Å². The van der Waals surface area contributed by atoms with Gasteiger partial charge in [-0.15, -0.1) is 0 Å². The molecule has 37 heavy (non-hydrogen) atoms. The van der Waals surface area contributed by atoms with Gasteiger partial charge < -0.3 is 35.1 Å². The van der Waals surface area contributed by atoms with Crippen LogP contribution in [0.4, 0.5) is 14.0 Å². The van der Waals surface area contributed by atoms with Crippen molar-refractivity contribution in [1.29, 1.82) is 0 Å². The molecule has 2 aliphatic heterocycles. The van der Waals surface area contributed by atoms with Gasteiger partial charge in [0.25, 0.3) is 0 Å². The van der Waals surface area contributed by atoms with Crippen molar-refractivity contribution < 1.29 is 28.2 Å². The second-order valence-corrected chi connectivity index (χ2v) is 10.1. The highest BCUT2D eigenvalue weighted by molar-refractivity contribution is 6.30. The van der Waals surface area contributed by atoms with Crippen LogP contribution in [0, 0.1) is 17.7 Å². The van der Waals surface area contributed by atoms with Crippen LogP contribution in [-0.2, 0) is 14.2 Å². The van der Waals surface area contributed by atoms with E-state index in [0.717, 1.165) is 45.3 Å². The van der Waals surface area contributed by atoms with Crippen molar-refractivity contribution in [3.63, 3.8) is 0 Å². The van der Waals surface area contributed by atoms with Gasteiger partial charge in [0.15, 0.2) is 0 Å². The second-order valence-electron chi connectivity index (χ2n) is 9.70. The molecule has 1 aromatic rings. The number of rotatable bonds is 11. The van der Waals surface area contributed by atoms with Gasteiger partial charge in [0.05, 0.1) is 24.8 Å². The van der Waals surface area contributed by atoms with Gasteiger partial charge in [0.2, 0.25) is 0 Å². The van der Waals surface area contributed by atoms with E-state index in [1.54, 1.807) is 17.0 Å². The minimum absolute atomic E-state index is 0.0165. The molecule has 2 saturated heterocycles. The Balaban J connectivity index is 1.66. The highest BCUT2D eigenvalue weighted by Crippen LogP contribution is 2.36. The molecular formula is C26H40ClFN4O5. The van der Waals surface area contributed by atoms with Gasteiger partial charge >= 0.3 is 12.1 Å². The smallest absolute Gasteiger partial charge is 0.406 e. The molecule has 2 fully saturated rings. The fourth-order valence-corrected chi connectivity index (χ4v) is 5.34. The number of benzene rings is 1. The number of hydrogen-bond donors (Lipinski definition) is 3. The van der Waals surface area contributed by atoms with Crippen LogP contribution in [0.2, 0.25) is 5.02 Å². The van der Waals surface area contributed by atoms with E-state index in [1.807, 2.05) is 7.05 Å². The van der Waals surface area contributed by atoms with E-state index in [-0.39, 0.29) is 36.2 Å². The number of nitrogens with one attached hydrogen (secondary N) is 3. The van der Waals surface area contributed by atoms with Gasteiger partial charge in [-0.05, 0) is 51.1 Å². The Kier molecular flexibility index (Phi) is 12.2. The van der Waals surface area contributed by atoms with Crippen LogP contribution < -0.4 is 16.0 Å². The Morgan fingerprint density at radius 1 is 1.27 bits per heavy atom. The van der Waals surface area contributed by atoms with Crippen LogP contribution in [0.15, 0.2) is 18.2 Å². The molecular weight excluding hydrogens is 503 g/mol. The largest absolute Gasteiger partial charge is 0.453 e. The van der Waals surface area contributed by atoms with E-state index in [9.17, 15) is 9.59 Å². The first-order valence-corrected chi connectivity index (χ1v) is 13.5. The zero-order chi connectivity index (χ0) is 26.6. The first kappa shape index (κ1) is 29.4. The monoisotopic (exact) mass is 542 g/mol. The normalized spacial score (nSPS) is 20.2. The molecule has 2 aliphatic rings. The number of urea groups is 1. The van der Waals surface area contributed by atoms with Crippen molar-refractivity contribution in [3.8, 4) is 0 Å². The molecule has 0 radical (unpaired) electrons. The van der Waals surface area contributed by atoms with Crippen LogP contribution in [0.25, 0.3) is 0 Å². The molecule has 0 aliphatic carbocycles. The third kappa shape index (κ3) is 8.98. The summed E-state index contributed by atoms with van der Waals surface area (Å²) in [4.78, 5) is 26.5. The summed E-state index contributed by atoms with van der Waals surface area (Å²) in [6, 6.07) is 4.75. The van der Waals surface area contributed by atoms with Crippen molar-refractivity contribution in [2.75, 3.05) is 60.2 Å². The van der Waals surface area contributed by atoms with Crippen molar-refractivity contribution >= 4 is 23.7 Å². The number of hydrogen-bond acceptors (Lipinski definition) is 6. The number of carbonyl (C=O) groups excluding carboxylic acids is 2. The number of alkyl carbamates (subject to hydrolysis) is 1. The zero-order valence-electron chi connectivity index (χ0n) is 21.8. The molecule has 3 amide bonds. The van der Waals surface area contributed by atoms with Crippen molar-refractivity contribution in [1.82, 2.24) is 20.9 Å². The molecule has 11 heteroatoms. The number of likely N-dealkylation sites (N-methyl/N-ethyl adjacent to an activating group) is 1. The summed E-state index contributed by atoms with van der Waals surface area (Å²) >= 11 is 6.07. The molecule has 2 heterocycles. The molecule has 0 aromatic heterocycles. The molecule has 0 saturated carbocycles. The average molecular weight is 543 g/mol. The van der Waals surface area contributed by atoms with E-state index < -0.39 is 18.0 Å². The summed E-state index contributed by atoms with van der Waals surface area (Å²) in [5, 5.41) is 8.99. The molecule has 1 unspecified atom stereocenters. The number of methoxy groups -OCH3 is 1. The van der Waals surface area contributed by atoms with Crippen LogP contribution in [-0.4, -0.2) is 83.2 Å². The molecule has 3 N–H and O–H groups in total. The Bertz CT molecular complexity index is 873. The maximum absolute atomic E-state index is 15.0. The van der Waals surface area contributed by atoms with E-state index in [0.29, 0.717) is 31.1 Å². The van der Waals surface area contributed by atoms with E-state index in [2.05, 4.69) is 20.7 Å². The predicted molar refractivity (Wildman–Crippen MR) is 139 cm³/mol. The zero-order valence-corrected chi connectivity index (χ0v) is 22.5. The summed E-state index contributed by atoms with van der Waals surface area (Å²) in [6.07, 6.45) is 3.29. The van der Waals surface area contributed by atoms with Crippen molar-refractivity contribution in [2.45, 2.75) is 44.2 Å². The SMILES string of the molecule is CNC[C@H](CC1CCOCC1)NC(=O)N1CCC[C@@H](C(OCCNC(=O)OC)c2cccc(Cl)c2F)C1. The van der Waals surface area contributed by atoms with Gasteiger partial charge in [-0.1, -0.05) is 23.7 Å². The molecule has 208 valence electrons. The van der Waals surface area contributed by atoms with Crippen molar-refractivity contribution in [2.24, 2.45) is 11.8 Å². The highest BCUT2D eigenvalue weighted by Gasteiger charge is 2.33. The first-order valence-electron chi connectivity index (χ1n) is 13.1. The van der Waals surface area contributed by atoms with Gasteiger partial charge in [-0.25, -0.2) is 14.0 Å². The Morgan fingerprint density at radius 2 is 2.05 bits per heavy atom. The molecule has 3 atom stereocenters. The summed E-state index contributed by atoms with van der Waals surface area (Å²) in [5.74, 6) is -0.130. The molecule has 9 nitrogen and oxygen atoms in total. The van der Waals surface area contributed by atoms with E-state index in [4.69, 9.17) is 21.1 Å². The number of piperidine rings is 1. The lowest BCUT2D eigenvalue weighted by Crippen LogP contribution is -2.52. The van der Waals surface area contributed by atoms with E-state index >= 15 is 4.39 Å². The maximum Gasteiger partial charge on any atom is 0.406 e. The van der Waals surface area contributed by atoms with Crippen molar-refractivity contribution in [3.05, 3.63) is 34.6 Å². The Morgan fingerprint density at radius 3 is 2.78 bits per heavy atom. The van der Waals surface area contributed by atoms with Gasteiger partial charge in [0.1, 0.15) is 5.82 Å². The second kappa shape index (κ2) is 15.3. The van der Waals surface area contributed by atoms with Crippen LogP contribution >= 0.6 is 11.6 Å². The standard InChI is InChI=1S/C26H40ClFN4O5/c1-29-16-20(15-18-8-12-36-13-9-18)31-25(33)32-11-4-5-19(17-32)24(37-14-10-30-26(34)35-2)21-6-3-7-22(27)23(21)28/h3,6-7,18-20,24,29H,4-5,8-17H2,1-2H3,(H,30,34)(H,31,33)/t19-,20+,24?/m1/s1. The lowest BCUT2D eigenvalue weighted by molar-refractivity contribution is -0.0106. The summed E-state index contributed by atoms with van der Waals surface area (Å²) in [6.45, 7) is 3.65. The third-order valence-corrected chi connectivity index (χ3v) is 7.34. The highest BCUT2D eigenvalue weighted by atomic mass is 35.5. The van der Waals surface area contributed by atoms with Crippen LogP contribution in [0.3, 0.4) is 0 Å². The van der Waals surface area contributed by atoms with Gasteiger partial charge in [0, 0.05) is 56.9 Å². The topological polar surface area (TPSA) is 101 Å². The number of ether oxygens (including phenoxy) is 3. The Hall–Kier alpha value is -2.14. The fraction of sp³-hybridized carbons (Fsp3) is 0.692. The number of carbonyl (C=O) groups is 2. The van der Waals surface area contributed by atoms with Crippen LogP contribution in [0.5, 0.6) is 0 Å². The van der Waals surface area contributed by atoms with E-state index in [1.165, 1.54) is 13.2 Å². The number of amides is 3. The number of halogens is 2. The average Bonchev–Trinajstić information content (AvgIpc) is 2.91. The lowest BCUT2D eigenvalue weighted by atomic mass is 9.88. The predicted octanol–water partition coefficient (Wildman–Crippen LogP) is 3.72. The van der Waals surface area contributed by atoms with Gasteiger partial charge in [-0.3, -0.25) is 0 Å². The summed E-state index contributed by atoms with van der Waals surface area (Å²) in [7, 11) is 3.17. The molecule has 3 rings (SSSR count). The maximum atomic E-state index is 15.0. The van der Waals surface area contributed by atoms with Crippen LogP contribution in [0.1, 0.15) is 43.8 Å².